The summed E-state index contributed by atoms with van der Waals surface area (Å²) in [6.07, 6.45) is 4.91. The molecule has 0 heterocycles. The van der Waals surface area contributed by atoms with Crippen molar-refractivity contribution in [1.29, 1.82) is 0 Å². The molecule has 0 atom stereocenters. The van der Waals surface area contributed by atoms with E-state index in [-0.39, 0.29) is 0 Å². The monoisotopic (exact) mass is 112 g/mol. The van der Waals surface area contributed by atoms with Crippen molar-refractivity contribution in [1.82, 2.24) is 0 Å². The lowest BCUT2D eigenvalue weighted by Crippen LogP contribution is -1.97. The van der Waals surface area contributed by atoms with E-state index in [0.29, 0.717) is 13.2 Å². The molecule has 2 nitrogen and oxygen atoms in total. The van der Waals surface area contributed by atoms with E-state index in [1.54, 1.807) is 7.05 Å². The van der Waals surface area contributed by atoms with Crippen molar-refractivity contribution in [3.05, 3.63) is 5.32 Å². The van der Waals surface area contributed by atoms with Gasteiger partial charge in [0.1, 0.15) is 6.61 Å². The van der Waals surface area contributed by atoms with Crippen molar-refractivity contribution < 1.29 is 4.74 Å². The van der Waals surface area contributed by atoms with Crippen molar-refractivity contribution in [3.8, 4) is 12.3 Å². The normalized spacial score (nSPS) is 8.50. The molecule has 0 aromatic carbocycles. The number of hydrogen-bond acceptors (Lipinski definition) is 1. The van der Waals surface area contributed by atoms with Crippen LogP contribution in [0.5, 0.6) is 0 Å². The van der Waals surface area contributed by atoms with E-state index in [4.69, 9.17) is 11.2 Å². The summed E-state index contributed by atoms with van der Waals surface area (Å²) in [5.41, 5.74) is 0. The largest absolute Gasteiger partial charge is 0.663 e. The number of rotatable bonds is 4. The zero-order valence-electron chi connectivity index (χ0n) is 5.05. The Morgan fingerprint density at radius 3 is 3.00 bits per heavy atom. The molecule has 0 aromatic rings. The Morgan fingerprint density at radius 1 is 1.75 bits per heavy atom. The first kappa shape index (κ1) is 7.48. The molecule has 0 unspecified atom stereocenters. The zero-order chi connectivity index (χ0) is 6.24. The third-order valence-electron chi connectivity index (χ3n) is 0.645. The van der Waals surface area contributed by atoms with E-state index in [1.165, 1.54) is 0 Å². The molecule has 0 amide bonds. The molecule has 0 spiro atoms. The minimum absolute atomic E-state index is 0.398. The van der Waals surface area contributed by atoms with Crippen LogP contribution in [-0.2, 0) is 4.74 Å². The van der Waals surface area contributed by atoms with Gasteiger partial charge < -0.3 is 10.1 Å². The molecule has 2 heteroatoms. The molecule has 0 rings (SSSR count). The molecule has 46 valence electrons. The maximum atomic E-state index is 4.91. The standard InChI is InChI=1S/C6H10NO/c1-3-5-8-6-4-7-2/h1H,4-6H2,2H3/q-1. The number of likely N-dealkylation sites (N-methyl/N-ethyl adjacent to an activating group) is 1. The lowest BCUT2D eigenvalue weighted by atomic mass is 10.7. The van der Waals surface area contributed by atoms with Gasteiger partial charge in [0.2, 0.25) is 0 Å². The van der Waals surface area contributed by atoms with Crippen LogP contribution in [0.4, 0.5) is 0 Å². The lowest BCUT2D eigenvalue weighted by molar-refractivity contribution is 0.179. The summed E-state index contributed by atoms with van der Waals surface area (Å²) in [6, 6.07) is 0. The van der Waals surface area contributed by atoms with Gasteiger partial charge in [-0.1, -0.05) is 5.92 Å². The second-order valence-electron chi connectivity index (χ2n) is 1.30. The number of terminal acetylenes is 1. The van der Waals surface area contributed by atoms with E-state index in [2.05, 4.69) is 11.2 Å². The molecule has 0 radical (unpaired) electrons. The predicted molar refractivity (Wildman–Crippen MR) is 33.8 cm³/mol. The lowest BCUT2D eigenvalue weighted by Gasteiger charge is -2.08. The van der Waals surface area contributed by atoms with Crippen LogP contribution in [0.2, 0.25) is 0 Å². The third kappa shape index (κ3) is 5.48. The van der Waals surface area contributed by atoms with E-state index in [0.717, 1.165) is 6.54 Å². The summed E-state index contributed by atoms with van der Waals surface area (Å²) in [7, 11) is 1.75. The van der Waals surface area contributed by atoms with Gasteiger partial charge in [-0.15, -0.1) is 13.0 Å². The van der Waals surface area contributed by atoms with Crippen LogP contribution >= 0.6 is 0 Å². The molecule has 0 saturated heterocycles. The van der Waals surface area contributed by atoms with Crippen LogP contribution < -0.4 is 0 Å². The molecule has 0 aliphatic heterocycles. The second kappa shape index (κ2) is 6.48. The second-order valence-corrected chi connectivity index (χ2v) is 1.30. The van der Waals surface area contributed by atoms with Gasteiger partial charge in [-0.3, -0.25) is 0 Å². The van der Waals surface area contributed by atoms with Gasteiger partial charge in [0.15, 0.2) is 0 Å². The number of ether oxygens (including phenoxy) is 1. The van der Waals surface area contributed by atoms with Crippen molar-refractivity contribution in [2.75, 3.05) is 26.8 Å². The van der Waals surface area contributed by atoms with Gasteiger partial charge in [0, 0.05) is 6.61 Å². The highest BCUT2D eigenvalue weighted by molar-refractivity contribution is 4.83. The first-order valence-electron chi connectivity index (χ1n) is 2.48. The van der Waals surface area contributed by atoms with E-state index >= 15 is 0 Å². The van der Waals surface area contributed by atoms with Crippen LogP contribution in [-0.4, -0.2) is 26.8 Å². The molecular weight excluding hydrogens is 102 g/mol. The van der Waals surface area contributed by atoms with Gasteiger partial charge in [-0.05, 0) is 0 Å². The first-order chi connectivity index (χ1) is 3.91. The molecule has 0 aliphatic carbocycles. The molecule has 8 heavy (non-hydrogen) atoms. The highest BCUT2D eigenvalue weighted by Crippen LogP contribution is 1.77. The van der Waals surface area contributed by atoms with E-state index < -0.39 is 0 Å². The van der Waals surface area contributed by atoms with Crippen molar-refractivity contribution in [3.63, 3.8) is 0 Å². The highest BCUT2D eigenvalue weighted by Gasteiger charge is 1.72. The Labute approximate surface area is 50.2 Å². The van der Waals surface area contributed by atoms with Crippen molar-refractivity contribution in [2.45, 2.75) is 0 Å². The topological polar surface area (TPSA) is 23.3 Å². The van der Waals surface area contributed by atoms with Crippen molar-refractivity contribution in [2.24, 2.45) is 0 Å². The van der Waals surface area contributed by atoms with Gasteiger partial charge in [0.05, 0.1) is 0 Å². The Kier molecular flexibility index (Phi) is 6.06. The Balaban J connectivity index is 2.65. The van der Waals surface area contributed by atoms with Gasteiger partial charge in [0.25, 0.3) is 0 Å². The molecule has 0 fully saturated rings. The summed E-state index contributed by atoms with van der Waals surface area (Å²) in [4.78, 5) is 0. The minimum Gasteiger partial charge on any atom is -0.663 e. The van der Waals surface area contributed by atoms with Gasteiger partial charge in [-0.25, -0.2) is 0 Å². The highest BCUT2D eigenvalue weighted by atomic mass is 16.5. The molecule has 0 aromatic heterocycles. The van der Waals surface area contributed by atoms with Crippen LogP contribution in [0.15, 0.2) is 0 Å². The summed E-state index contributed by atoms with van der Waals surface area (Å²) < 4.78 is 4.89. The molecule has 0 aliphatic rings. The van der Waals surface area contributed by atoms with E-state index in [9.17, 15) is 0 Å². The van der Waals surface area contributed by atoms with Crippen LogP contribution in [0.25, 0.3) is 5.32 Å². The Bertz CT molecular complexity index is 75.1. The summed E-state index contributed by atoms with van der Waals surface area (Å²) in [5.74, 6) is 2.36. The van der Waals surface area contributed by atoms with E-state index in [1.807, 2.05) is 0 Å². The van der Waals surface area contributed by atoms with Crippen LogP contribution in [0.3, 0.4) is 0 Å². The van der Waals surface area contributed by atoms with Gasteiger partial charge in [-0.2, -0.15) is 7.05 Å². The maximum Gasteiger partial charge on any atom is 0.107 e. The fourth-order valence-electron chi connectivity index (χ4n) is 0.287. The average Bonchev–Trinajstić information content (AvgIpc) is 1.81. The molecular formula is C6H10NO-. The van der Waals surface area contributed by atoms with Crippen LogP contribution in [0.1, 0.15) is 0 Å². The zero-order valence-corrected chi connectivity index (χ0v) is 5.05. The molecule has 0 bridgehead atoms. The average molecular weight is 112 g/mol. The summed E-state index contributed by atoms with van der Waals surface area (Å²) in [6.45, 7) is 1.78. The SMILES string of the molecule is C#CCOCC[N-]C. The maximum absolute atomic E-state index is 4.91. The molecule has 0 N–H and O–H groups in total. The minimum atomic E-state index is 0.398. The fraction of sp³-hybridized carbons (Fsp3) is 0.667. The fourth-order valence-corrected chi connectivity index (χ4v) is 0.287. The number of nitrogens with zero attached hydrogens (tertiary/aromatic N) is 1. The van der Waals surface area contributed by atoms with Gasteiger partial charge >= 0.3 is 0 Å². The summed E-state index contributed by atoms with van der Waals surface area (Å²) >= 11 is 0. The van der Waals surface area contributed by atoms with Crippen LogP contribution in [0, 0.1) is 12.3 Å². The third-order valence-corrected chi connectivity index (χ3v) is 0.645. The number of hydrogen-bond donors (Lipinski definition) is 0. The predicted octanol–water partition coefficient (Wildman–Crippen LogP) is 0.640. The Morgan fingerprint density at radius 2 is 2.50 bits per heavy atom. The molecule has 0 saturated carbocycles. The Hall–Kier alpha value is -0.520. The quantitative estimate of drug-likeness (QED) is 0.386. The first-order valence-corrected chi connectivity index (χ1v) is 2.48. The summed E-state index contributed by atoms with van der Waals surface area (Å²) in [5, 5.41) is 3.81. The van der Waals surface area contributed by atoms with Crippen molar-refractivity contribution >= 4 is 0 Å². The smallest absolute Gasteiger partial charge is 0.107 e.